The number of imidazole rings is 1. The number of benzene rings is 1. The van der Waals surface area contributed by atoms with E-state index >= 15 is 0 Å². The van der Waals surface area contributed by atoms with Crippen LogP contribution in [0, 0.1) is 6.92 Å². The SMILES string of the molecule is Cc1cnc(Cn2ccnc2-c2ccccc2C(=O)O)cn1. The van der Waals surface area contributed by atoms with Crippen LogP contribution in [0.4, 0.5) is 0 Å². The van der Waals surface area contributed by atoms with E-state index in [4.69, 9.17) is 0 Å². The fourth-order valence-electron chi connectivity index (χ4n) is 2.22. The Hall–Kier alpha value is -3.02. The largest absolute Gasteiger partial charge is 0.478 e. The molecule has 0 radical (unpaired) electrons. The van der Waals surface area contributed by atoms with Crippen molar-refractivity contribution in [2.75, 3.05) is 0 Å². The quantitative estimate of drug-likeness (QED) is 0.799. The van der Waals surface area contributed by atoms with E-state index < -0.39 is 5.97 Å². The van der Waals surface area contributed by atoms with Gasteiger partial charge in [-0.05, 0) is 13.0 Å². The first-order chi connectivity index (χ1) is 10.6. The number of carboxylic acids is 1. The Morgan fingerprint density at radius 1 is 1.18 bits per heavy atom. The first kappa shape index (κ1) is 13.9. The molecule has 1 aromatic carbocycles. The van der Waals surface area contributed by atoms with Gasteiger partial charge in [0.15, 0.2) is 0 Å². The third-order valence-electron chi connectivity index (χ3n) is 3.28. The van der Waals surface area contributed by atoms with Crippen molar-refractivity contribution in [3.8, 4) is 11.4 Å². The Morgan fingerprint density at radius 3 is 2.73 bits per heavy atom. The Bertz CT molecular complexity index is 809. The van der Waals surface area contributed by atoms with Crippen molar-refractivity contribution >= 4 is 5.97 Å². The Labute approximate surface area is 127 Å². The minimum Gasteiger partial charge on any atom is -0.478 e. The Balaban J connectivity index is 1.99. The summed E-state index contributed by atoms with van der Waals surface area (Å²) in [6.45, 7) is 2.36. The molecule has 0 spiro atoms. The maximum Gasteiger partial charge on any atom is 0.336 e. The van der Waals surface area contributed by atoms with Crippen LogP contribution in [0.1, 0.15) is 21.7 Å². The zero-order valence-corrected chi connectivity index (χ0v) is 12.0. The van der Waals surface area contributed by atoms with E-state index in [0.717, 1.165) is 11.4 Å². The van der Waals surface area contributed by atoms with Gasteiger partial charge in [-0.15, -0.1) is 0 Å². The molecule has 6 nitrogen and oxygen atoms in total. The van der Waals surface area contributed by atoms with Crippen LogP contribution >= 0.6 is 0 Å². The van der Waals surface area contributed by atoms with Gasteiger partial charge in [-0.1, -0.05) is 18.2 Å². The molecule has 0 amide bonds. The molecule has 0 atom stereocenters. The van der Waals surface area contributed by atoms with Crippen molar-refractivity contribution in [2.24, 2.45) is 0 Å². The lowest BCUT2D eigenvalue weighted by atomic mass is 10.1. The summed E-state index contributed by atoms with van der Waals surface area (Å²) in [5.41, 5.74) is 2.45. The molecule has 110 valence electrons. The third-order valence-corrected chi connectivity index (χ3v) is 3.28. The average molecular weight is 294 g/mol. The molecule has 0 fully saturated rings. The maximum atomic E-state index is 11.4. The fraction of sp³-hybridized carbons (Fsp3) is 0.125. The Morgan fingerprint density at radius 2 is 2.00 bits per heavy atom. The Kier molecular flexibility index (Phi) is 3.65. The van der Waals surface area contributed by atoms with Crippen LogP contribution in [0.3, 0.4) is 0 Å². The minimum atomic E-state index is -0.972. The van der Waals surface area contributed by atoms with Gasteiger partial charge in [0, 0.05) is 24.2 Å². The predicted molar refractivity (Wildman–Crippen MR) is 80.5 cm³/mol. The highest BCUT2D eigenvalue weighted by Gasteiger charge is 2.15. The molecule has 0 saturated carbocycles. The van der Waals surface area contributed by atoms with E-state index in [0.29, 0.717) is 17.9 Å². The van der Waals surface area contributed by atoms with Crippen molar-refractivity contribution < 1.29 is 9.90 Å². The summed E-state index contributed by atoms with van der Waals surface area (Å²) in [4.78, 5) is 24.2. The lowest BCUT2D eigenvalue weighted by Crippen LogP contribution is -2.06. The second-order valence-corrected chi connectivity index (χ2v) is 4.88. The summed E-state index contributed by atoms with van der Waals surface area (Å²) >= 11 is 0. The van der Waals surface area contributed by atoms with Crippen LogP contribution in [-0.2, 0) is 6.54 Å². The van der Waals surface area contributed by atoms with Crippen molar-refractivity contribution in [3.05, 3.63) is 66.0 Å². The van der Waals surface area contributed by atoms with Gasteiger partial charge < -0.3 is 9.67 Å². The molecule has 0 unspecified atom stereocenters. The molecule has 2 aromatic heterocycles. The van der Waals surface area contributed by atoms with Crippen LogP contribution in [0.25, 0.3) is 11.4 Å². The number of carboxylic acid groups (broad SMARTS) is 1. The lowest BCUT2D eigenvalue weighted by Gasteiger charge is -2.09. The first-order valence-corrected chi connectivity index (χ1v) is 6.76. The standard InChI is InChI=1S/C16H14N4O2/c1-11-8-19-12(9-18-11)10-20-7-6-17-15(20)13-4-2-3-5-14(13)16(21)22/h2-9H,10H2,1H3,(H,21,22). The maximum absolute atomic E-state index is 11.4. The molecular weight excluding hydrogens is 280 g/mol. The monoisotopic (exact) mass is 294 g/mol. The number of aromatic nitrogens is 4. The molecule has 0 aliphatic heterocycles. The third kappa shape index (κ3) is 2.71. The summed E-state index contributed by atoms with van der Waals surface area (Å²) in [7, 11) is 0. The summed E-state index contributed by atoms with van der Waals surface area (Å²) in [5.74, 6) is -0.374. The summed E-state index contributed by atoms with van der Waals surface area (Å²) in [6, 6.07) is 6.82. The minimum absolute atomic E-state index is 0.227. The van der Waals surface area contributed by atoms with E-state index in [1.165, 1.54) is 0 Å². The number of nitrogens with zero attached hydrogens (tertiary/aromatic N) is 4. The number of carbonyl (C=O) groups is 1. The number of rotatable bonds is 4. The molecule has 2 heterocycles. The highest BCUT2D eigenvalue weighted by atomic mass is 16.4. The highest BCUT2D eigenvalue weighted by molar-refractivity contribution is 5.95. The van der Waals surface area contributed by atoms with Gasteiger partial charge in [-0.2, -0.15) is 0 Å². The van der Waals surface area contributed by atoms with Crippen LogP contribution in [-0.4, -0.2) is 30.6 Å². The van der Waals surface area contributed by atoms with Crippen LogP contribution in [0.2, 0.25) is 0 Å². The topological polar surface area (TPSA) is 80.9 Å². The highest BCUT2D eigenvalue weighted by Crippen LogP contribution is 2.22. The van der Waals surface area contributed by atoms with Gasteiger partial charge in [-0.25, -0.2) is 9.78 Å². The molecule has 3 aromatic rings. The van der Waals surface area contributed by atoms with E-state index in [1.807, 2.05) is 11.5 Å². The molecule has 0 aliphatic carbocycles. The molecule has 6 heteroatoms. The molecular formula is C16H14N4O2. The molecule has 22 heavy (non-hydrogen) atoms. The second kappa shape index (κ2) is 5.77. The van der Waals surface area contributed by atoms with Gasteiger partial charge in [0.25, 0.3) is 0 Å². The van der Waals surface area contributed by atoms with Crippen LogP contribution in [0.5, 0.6) is 0 Å². The zero-order chi connectivity index (χ0) is 15.5. The predicted octanol–water partition coefficient (Wildman–Crippen LogP) is 2.40. The van der Waals surface area contributed by atoms with E-state index in [2.05, 4.69) is 15.0 Å². The van der Waals surface area contributed by atoms with E-state index in [-0.39, 0.29) is 5.56 Å². The van der Waals surface area contributed by atoms with Crippen molar-refractivity contribution in [2.45, 2.75) is 13.5 Å². The van der Waals surface area contributed by atoms with Crippen LogP contribution in [0.15, 0.2) is 49.1 Å². The van der Waals surface area contributed by atoms with Gasteiger partial charge in [0.1, 0.15) is 5.82 Å². The van der Waals surface area contributed by atoms with Crippen molar-refractivity contribution in [1.29, 1.82) is 0 Å². The molecule has 0 bridgehead atoms. The van der Waals surface area contributed by atoms with Gasteiger partial charge in [0.2, 0.25) is 0 Å². The average Bonchev–Trinajstić information content (AvgIpc) is 2.97. The van der Waals surface area contributed by atoms with Gasteiger partial charge >= 0.3 is 5.97 Å². The number of hydrogen-bond donors (Lipinski definition) is 1. The summed E-state index contributed by atoms with van der Waals surface area (Å²) in [5, 5.41) is 9.32. The summed E-state index contributed by atoms with van der Waals surface area (Å²) in [6.07, 6.45) is 6.87. The number of aromatic carboxylic acids is 1. The molecule has 3 rings (SSSR count). The van der Waals surface area contributed by atoms with Gasteiger partial charge in [-0.3, -0.25) is 9.97 Å². The van der Waals surface area contributed by atoms with Crippen molar-refractivity contribution in [3.63, 3.8) is 0 Å². The second-order valence-electron chi connectivity index (χ2n) is 4.88. The lowest BCUT2D eigenvalue weighted by molar-refractivity contribution is 0.0697. The first-order valence-electron chi connectivity index (χ1n) is 6.76. The molecule has 0 saturated heterocycles. The number of hydrogen-bond acceptors (Lipinski definition) is 4. The summed E-state index contributed by atoms with van der Waals surface area (Å²) < 4.78 is 1.86. The van der Waals surface area contributed by atoms with E-state index in [1.54, 1.807) is 49.1 Å². The smallest absolute Gasteiger partial charge is 0.336 e. The normalized spacial score (nSPS) is 10.6. The van der Waals surface area contributed by atoms with Gasteiger partial charge in [0.05, 0.1) is 29.7 Å². The van der Waals surface area contributed by atoms with Crippen molar-refractivity contribution in [1.82, 2.24) is 19.5 Å². The molecule has 0 aliphatic rings. The number of aryl methyl sites for hydroxylation is 1. The van der Waals surface area contributed by atoms with E-state index in [9.17, 15) is 9.90 Å². The fourth-order valence-corrected chi connectivity index (χ4v) is 2.22. The zero-order valence-electron chi connectivity index (χ0n) is 12.0. The molecule has 1 N–H and O–H groups in total. The van der Waals surface area contributed by atoms with Crippen LogP contribution < -0.4 is 0 Å².